The molecule has 0 saturated heterocycles. The van der Waals surface area contributed by atoms with Crippen LogP contribution in [0.5, 0.6) is 5.75 Å². The van der Waals surface area contributed by atoms with Gasteiger partial charge in [0.25, 0.3) is 5.91 Å². The Hall–Kier alpha value is -2.36. The van der Waals surface area contributed by atoms with Gasteiger partial charge < -0.3 is 9.64 Å². The molecule has 1 aromatic heterocycles. The summed E-state index contributed by atoms with van der Waals surface area (Å²) in [4.78, 5) is 18.5. The van der Waals surface area contributed by atoms with Crippen LogP contribution >= 0.6 is 0 Å². The number of ether oxygens (including phenoxy) is 1. The third kappa shape index (κ3) is 2.56. The Morgan fingerprint density at radius 2 is 2.09 bits per heavy atom. The molecule has 2 aromatic rings. The maximum Gasteiger partial charge on any atom is 0.257 e. The van der Waals surface area contributed by atoms with Crippen LogP contribution in [-0.4, -0.2) is 28.9 Å². The van der Waals surface area contributed by atoms with E-state index in [0.717, 1.165) is 16.9 Å². The lowest BCUT2D eigenvalue weighted by Crippen LogP contribution is -2.26. The molecule has 4 heteroatoms. The molecule has 2 unspecified atom stereocenters. The minimum Gasteiger partial charge on any atom is -0.489 e. The smallest absolute Gasteiger partial charge is 0.257 e. The number of carbonyl (C=O) groups is 1. The van der Waals surface area contributed by atoms with Gasteiger partial charge in [-0.05, 0) is 24.6 Å². The quantitative estimate of drug-likeness (QED) is 0.873. The van der Waals surface area contributed by atoms with E-state index in [0.29, 0.717) is 18.0 Å². The van der Waals surface area contributed by atoms with E-state index in [1.807, 2.05) is 37.3 Å². The number of fused-ring (bicyclic) bond motifs is 1. The summed E-state index contributed by atoms with van der Waals surface area (Å²) in [6, 6.07) is 9.65. The number of para-hydroxylation sites is 1. The van der Waals surface area contributed by atoms with Gasteiger partial charge in [0.05, 0.1) is 5.56 Å². The molecule has 2 atom stereocenters. The minimum atomic E-state index is -0.0259. The van der Waals surface area contributed by atoms with Crippen molar-refractivity contribution in [2.45, 2.75) is 32.4 Å². The Morgan fingerprint density at radius 3 is 2.82 bits per heavy atom. The van der Waals surface area contributed by atoms with Crippen LogP contribution < -0.4 is 4.74 Å². The molecule has 3 rings (SSSR count). The highest BCUT2D eigenvalue weighted by atomic mass is 16.5. The van der Waals surface area contributed by atoms with Gasteiger partial charge in [0, 0.05) is 37.5 Å². The van der Waals surface area contributed by atoms with Crippen molar-refractivity contribution >= 4 is 5.91 Å². The maximum absolute atomic E-state index is 12.7. The second kappa shape index (κ2) is 5.79. The standard InChI is InChI=1S/C18H20N2O2/c1-12-13(2)22-17-15(12)7-4-8-16(17)18(21)20(3)11-14-6-5-9-19-10-14/h4-10,12-13H,11H2,1-3H3. The fraction of sp³-hybridized carbons (Fsp3) is 0.333. The number of hydrogen-bond donors (Lipinski definition) is 0. The van der Waals surface area contributed by atoms with Crippen molar-refractivity contribution in [1.29, 1.82) is 0 Å². The van der Waals surface area contributed by atoms with Crippen LogP contribution in [0.2, 0.25) is 0 Å². The van der Waals surface area contributed by atoms with Gasteiger partial charge in [-0.3, -0.25) is 9.78 Å². The average Bonchev–Trinajstić information content (AvgIpc) is 2.82. The second-order valence-electron chi connectivity index (χ2n) is 5.86. The molecule has 114 valence electrons. The van der Waals surface area contributed by atoms with E-state index >= 15 is 0 Å². The molecule has 0 N–H and O–H groups in total. The topological polar surface area (TPSA) is 42.4 Å². The summed E-state index contributed by atoms with van der Waals surface area (Å²) >= 11 is 0. The molecular weight excluding hydrogens is 276 g/mol. The first-order chi connectivity index (χ1) is 10.6. The molecule has 0 saturated carbocycles. The van der Waals surface area contributed by atoms with Gasteiger partial charge >= 0.3 is 0 Å². The largest absolute Gasteiger partial charge is 0.489 e. The van der Waals surface area contributed by atoms with Gasteiger partial charge in [-0.25, -0.2) is 0 Å². The van der Waals surface area contributed by atoms with Crippen molar-refractivity contribution in [3.05, 3.63) is 59.4 Å². The molecule has 1 amide bonds. The first-order valence-electron chi connectivity index (χ1n) is 7.52. The predicted octanol–water partition coefficient (Wildman–Crippen LogP) is 3.24. The van der Waals surface area contributed by atoms with Crippen LogP contribution in [0.25, 0.3) is 0 Å². The number of pyridine rings is 1. The van der Waals surface area contributed by atoms with Gasteiger partial charge in [-0.2, -0.15) is 0 Å². The molecular formula is C18H20N2O2. The Kier molecular flexibility index (Phi) is 3.84. The SMILES string of the molecule is CC1Oc2c(C(=O)N(C)Cc3cccnc3)cccc2C1C. The Bertz CT molecular complexity index is 685. The molecule has 0 radical (unpaired) electrons. The van der Waals surface area contributed by atoms with Crippen LogP contribution in [-0.2, 0) is 6.54 Å². The minimum absolute atomic E-state index is 0.0259. The molecule has 0 fully saturated rings. The lowest BCUT2D eigenvalue weighted by Gasteiger charge is -2.18. The van der Waals surface area contributed by atoms with Crippen molar-refractivity contribution in [3.63, 3.8) is 0 Å². The molecule has 0 aliphatic carbocycles. The van der Waals surface area contributed by atoms with Crippen molar-refractivity contribution < 1.29 is 9.53 Å². The van der Waals surface area contributed by atoms with Gasteiger partial charge in [-0.1, -0.05) is 25.1 Å². The normalized spacial score (nSPS) is 19.4. The zero-order valence-electron chi connectivity index (χ0n) is 13.1. The number of carbonyl (C=O) groups excluding carboxylic acids is 1. The van der Waals surface area contributed by atoms with E-state index in [-0.39, 0.29) is 12.0 Å². The molecule has 4 nitrogen and oxygen atoms in total. The van der Waals surface area contributed by atoms with Gasteiger partial charge in [0.1, 0.15) is 11.9 Å². The number of benzene rings is 1. The fourth-order valence-corrected chi connectivity index (χ4v) is 2.80. The predicted molar refractivity (Wildman–Crippen MR) is 85.0 cm³/mol. The summed E-state index contributed by atoms with van der Waals surface area (Å²) in [5.41, 5.74) is 2.77. The average molecular weight is 296 g/mol. The van der Waals surface area contributed by atoms with Crippen molar-refractivity contribution in [3.8, 4) is 5.75 Å². The number of hydrogen-bond acceptors (Lipinski definition) is 3. The molecule has 22 heavy (non-hydrogen) atoms. The van der Waals surface area contributed by atoms with Crippen molar-refractivity contribution in [1.82, 2.24) is 9.88 Å². The number of nitrogens with zero attached hydrogens (tertiary/aromatic N) is 2. The molecule has 1 aliphatic rings. The second-order valence-corrected chi connectivity index (χ2v) is 5.86. The Labute approximate surface area is 130 Å². The summed E-state index contributed by atoms with van der Waals surface area (Å²) < 4.78 is 5.91. The first-order valence-corrected chi connectivity index (χ1v) is 7.52. The van der Waals surface area contributed by atoms with Crippen LogP contribution in [0, 0.1) is 0 Å². The Balaban J connectivity index is 1.84. The van der Waals surface area contributed by atoms with Crippen molar-refractivity contribution in [2.24, 2.45) is 0 Å². The van der Waals surface area contributed by atoms with Gasteiger partial charge in [0.2, 0.25) is 0 Å². The van der Waals surface area contributed by atoms with Crippen molar-refractivity contribution in [2.75, 3.05) is 7.05 Å². The summed E-state index contributed by atoms with van der Waals surface area (Å²) in [5, 5.41) is 0. The van der Waals surface area contributed by atoms with E-state index in [4.69, 9.17) is 4.74 Å². The Morgan fingerprint density at radius 1 is 1.27 bits per heavy atom. The van der Waals surface area contributed by atoms with Gasteiger partial charge in [-0.15, -0.1) is 0 Å². The van der Waals surface area contributed by atoms with E-state index in [9.17, 15) is 4.79 Å². The number of amides is 1. The zero-order chi connectivity index (χ0) is 15.7. The highest BCUT2D eigenvalue weighted by Gasteiger charge is 2.31. The molecule has 2 heterocycles. The summed E-state index contributed by atoms with van der Waals surface area (Å²) in [6.07, 6.45) is 3.61. The van der Waals surface area contributed by atoms with E-state index in [1.54, 1.807) is 24.3 Å². The summed E-state index contributed by atoms with van der Waals surface area (Å²) in [7, 11) is 1.80. The fourth-order valence-electron chi connectivity index (χ4n) is 2.80. The molecule has 1 aliphatic heterocycles. The number of aromatic nitrogens is 1. The highest BCUT2D eigenvalue weighted by Crippen LogP contribution is 2.40. The monoisotopic (exact) mass is 296 g/mol. The third-order valence-corrected chi connectivity index (χ3v) is 4.26. The van der Waals surface area contributed by atoms with Crippen LogP contribution in [0.3, 0.4) is 0 Å². The summed E-state index contributed by atoms with van der Waals surface area (Å²) in [6.45, 7) is 4.70. The van der Waals surface area contributed by atoms with Gasteiger partial charge in [0.15, 0.2) is 0 Å². The molecule has 0 bridgehead atoms. The maximum atomic E-state index is 12.7. The lowest BCUT2D eigenvalue weighted by atomic mass is 9.96. The van der Waals surface area contributed by atoms with E-state index in [1.165, 1.54) is 0 Å². The lowest BCUT2D eigenvalue weighted by molar-refractivity contribution is 0.0779. The van der Waals surface area contributed by atoms with E-state index < -0.39 is 0 Å². The third-order valence-electron chi connectivity index (χ3n) is 4.26. The zero-order valence-corrected chi connectivity index (χ0v) is 13.1. The van der Waals surface area contributed by atoms with Crippen LogP contribution in [0.1, 0.15) is 41.3 Å². The van der Waals surface area contributed by atoms with Crippen LogP contribution in [0.15, 0.2) is 42.7 Å². The highest BCUT2D eigenvalue weighted by molar-refractivity contribution is 5.97. The van der Waals surface area contributed by atoms with Crippen LogP contribution in [0.4, 0.5) is 0 Å². The van der Waals surface area contributed by atoms with E-state index in [2.05, 4.69) is 11.9 Å². The number of rotatable bonds is 3. The molecule has 0 spiro atoms. The summed E-state index contributed by atoms with van der Waals surface area (Å²) in [5.74, 6) is 1.03. The first kappa shape index (κ1) is 14.6. The molecule has 1 aromatic carbocycles.